The maximum atomic E-state index is 13.3. The van der Waals surface area contributed by atoms with Gasteiger partial charge in [0.15, 0.2) is 0 Å². The fraction of sp³-hybridized carbons (Fsp3) is 0.625. The lowest BCUT2D eigenvalue weighted by Gasteiger charge is -2.57. The maximum Gasteiger partial charge on any atom is 0.268 e. The van der Waals surface area contributed by atoms with Gasteiger partial charge in [-0.1, -0.05) is 6.07 Å². The molecule has 7 nitrogen and oxygen atoms in total. The van der Waals surface area contributed by atoms with E-state index in [1.54, 1.807) is 22.6 Å². The molecule has 0 spiro atoms. The van der Waals surface area contributed by atoms with E-state index in [4.69, 9.17) is 5.73 Å². The Balaban J connectivity index is 1.36. The van der Waals surface area contributed by atoms with E-state index in [0.29, 0.717) is 23.2 Å². The molecule has 4 saturated carbocycles. The van der Waals surface area contributed by atoms with Gasteiger partial charge < -0.3 is 16.2 Å². The van der Waals surface area contributed by atoms with E-state index in [2.05, 4.69) is 10.3 Å². The second kappa shape index (κ2) is 7.93. The summed E-state index contributed by atoms with van der Waals surface area (Å²) in [6, 6.07) is 5.29. The second-order valence-corrected chi connectivity index (χ2v) is 10.3. The van der Waals surface area contributed by atoms with Crippen LogP contribution in [-0.4, -0.2) is 39.0 Å². The number of hydrogen-bond acceptors (Lipinski definition) is 4. The van der Waals surface area contributed by atoms with Crippen molar-refractivity contribution in [3.63, 3.8) is 0 Å². The molecule has 0 aromatic carbocycles. The largest absolute Gasteiger partial charge is 0.396 e. The number of carbonyl (C=O) groups excluding carboxylic acids is 2. The molecular formula is C24H32N4O3. The van der Waals surface area contributed by atoms with Gasteiger partial charge >= 0.3 is 0 Å². The molecule has 2 aromatic heterocycles. The van der Waals surface area contributed by atoms with Gasteiger partial charge in [0.25, 0.3) is 11.8 Å². The first-order chi connectivity index (χ1) is 14.9. The number of carbonyl (C=O) groups is 2. The Morgan fingerprint density at radius 2 is 1.87 bits per heavy atom. The van der Waals surface area contributed by atoms with Crippen molar-refractivity contribution in [2.45, 2.75) is 63.8 Å². The number of pyridine rings is 1. The molecule has 1 atom stereocenters. The quantitative estimate of drug-likeness (QED) is 0.605. The van der Waals surface area contributed by atoms with Gasteiger partial charge in [-0.2, -0.15) is 0 Å². The Morgan fingerprint density at radius 3 is 2.48 bits per heavy atom. The first kappa shape index (κ1) is 20.5. The van der Waals surface area contributed by atoms with Crippen LogP contribution < -0.4 is 11.1 Å². The molecule has 2 aromatic rings. The first-order valence-corrected chi connectivity index (χ1v) is 11.6. The van der Waals surface area contributed by atoms with E-state index in [1.807, 2.05) is 0 Å². The molecule has 0 aliphatic heterocycles. The van der Waals surface area contributed by atoms with Crippen molar-refractivity contribution in [1.29, 1.82) is 0 Å². The summed E-state index contributed by atoms with van der Waals surface area (Å²) in [7, 11) is 0. The summed E-state index contributed by atoms with van der Waals surface area (Å²) in [4.78, 5) is 29.0. The number of hydrogen-bond donors (Lipinski definition) is 3. The third kappa shape index (κ3) is 3.95. The molecule has 166 valence electrons. The number of nitrogens with two attached hydrogens (primary N) is 1. The number of aliphatic hydroxyl groups is 1. The highest BCUT2D eigenvalue weighted by Gasteiger charge is 2.51. The SMILES string of the molecule is NC(=O)c1cn2c(C(=O)NC(CCCO)CC34CC5CC(CC(C5)C3)C4)cccc2n1. The molecule has 4 bridgehead atoms. The minimum absolute atomic E-state index is 0.0327. The number of nitrogens with one attached hydrogen (secondary N) is 1. The van der Waals surface area contributed by atoms with Crippen molar-refractivity contribution in [1.82, 2.24) is 14.7 Å². The van der Waals surface area contributed by atoms with E-state index in [0.717, 1.165) is 30.6 Å². The van der Waals surface area contributed by atoms with Gasteiger partial charge in [-0.15, -0.1) is 0 Å². The fourth-order valence-corrected chi connectivity index (χ4v) is 7.20. The van der Waals surface area contributed by atoms with E-state index < -0.39 is 5.91 Å². The maximum absolute atomic E-state index is 13.3. The molecule has 2 amide bonds. The number of nitrogens with zero attached hydrogens (tertiary/aromatic N) is 2. The lowest BCUT2D eigenvalue weighted by Crippen LogP contribution is -2.49. The van der Waals surface area contributed by atoms with Crippen LogP contribution in [-0.2, 0) is 0 Å². The van der Waals surface area contributed by atoms with E-state index >= 15 is 0 Å². The summed E-state index contributed by atoms with van der Waals surface area (Å²) in [5, 5.41) is 12.7. The molecule has 6 rings (SSSR count). The zero-order valence-corrected chi connectivity index (χ0v) is 17.9. The lowest BCUT2D eigenvalue weighted by atomic mass is 9.48. The predicted molar refractivity (Wildman–Crippen MR) is 117 cm³/mol. The molecule has 2 heterocycles. The summed E-state index contributed by atoms with van der Waals surface area (Å²) in [6.45, 7) is 0.131. The molecule has 7 heteroatoms. The summed E-state index contributed by atoms with van der Waals surface area (Å²) in [6.07, 6.45) is 12.1. The van der Waals surface area contributed by atoms with Crippen LogP contribution in [0, 0.1) is 23.2 Å². The summed E-state index contributed by atoms with van der Waals surface area (Å²) >= 11 is 0. The van der Waals surface area contributed by atoms with Crippen molar-refractivity contribution >= 4 is 17.5 Å². The van der Waals surface area contributed by atoms with E-state index in [9.17, 15) is 14.7 Å². The Kier molecular flexibility index (Phi) is 5.24. The predicted octanol–water partition coefficient (Wildman–Crippen LogP) is 2.91. The van der Waals surface area contributed by atoms with Crippen LogP contribution in [0.15, 0.2) is 24.4 Å². The highest BCUT2D eigenvalue weighted by Crippen LogP contribution is 2.61. The topological polar surface area (TPSA) is 110 Å². The van der Waals surface area contributed by atoms with Gasteiger partial charge in [-0.05, 0) is 93.1 Å². The van der Waals surface area contributed by atoms with Crippen molar-refractivity contribution in [3.05, 3.63) is 35.8 Å². The van der Waals surface area contributed by atoms with Gasteiger partial charge in [-0.3, -0.25) is 14.0 Å². The van der Waals surface area contributed by atoms with Gasteiger partial charge in [-0.25, -0.2) is 4.98 Å². The average molecular weight is 425 g/mol. The van der Waals surface area contributed by atoms with E-state index in [1.165, 1.54) is 44.7 Å². The molecule has 4 aliphatic carbocycles. The number of rotatable bonds is 8. The highest BCUT2D eigenvalue weighted by molar-refractivity contribution is 5.95. The minimum Gasteiger partial charge on any atom is -0.396 e. The monoisotopic (exact) mass is 424 g/mol. The summed E-state index contributed by atoms with van der Waals surface area (Å²) in [5.74, 6) is 1.82. The van der Waals surface area contributed by atoms with Crippen molar-refractivity contribution < 1.29 is 14.7 Å². The molecule has 4 aliphatic rings. The zero-order chi connectivity index (χ0) is 21.6. The number of amides is 2. The second-order valence-electron chi connectivity index (χ2n) is 10.3. The number of imidazole rings is 1. The molecule has 0 saturated heterocycles. The van der Waals surface area contributed by atoms with Crippen LogP contribution in [0.4, 0.5) is 0 Å². The van der Waals surface area contributed by atoms with Crippen LogP contribution in [0.1, 0.15) is 78.8 Å². The zero-order valence-electron chi connectivity index (χ0n) is 17.9. The molecule has 1 unspecified atom stereocenters. The molecule has 4 fully saturated rings. The minimum atomic E-state index is -0.613. The Labute approximate surface area is 182 Å². The number of fused-ring (bicyclic) bond motifs is 1. The normalized spacial score (nSPS) is 29.9. The number of aromatic nitrogens is 2. The molecular weight excluding hydrogens is 392 g/mol. The van der Waals surface area contributed by atoms with Gasteiger partial charge in [0.1, 0.15) is 17.0 Å². The van der Waals surface area contributed by atoms with Crippen LogP contribution >= 0.6 is 0 Å². The third-order valence-corrected chi connectivity index (χ3v) is 7.87. The van der Waals surface area contributed by atoms with Crippen LogP contribution in [0.25, 0.3) is 5.65 Å². The van der Waals surface area contributed by atoms with E-state index in [-0.39, 0.29) is 24.2 Å². The third-order valence-electron chi connectivity index (χ3n) is 7.87. The van der Waals surface area contributed by atoms with Crippen LogP contribution in [0.3, 0.4) is 0 Å². The van der Waals surface area contributed by atoms with Crippen molar-refractivity contribution in [2.24, 2.45) is 28.9 Å². The smallest absolute Gasteiger partial charge is 0.268 e. The molecule has 0 radical (unpaired) electrons. The lowest BCUT2D eigenvalue weighted by molar-refractivity contribution is -0.0621. The summed E-state index contributed by atoms with van der Waals surface area (Å²) in [5.41, 5.74) is 6.82. The van der Waals surface area contributed by atoms with Crippen LogP contribution in [0.2, 0.25) is 0 Å². The molecule has 31 heavy (non-hydrogen) atoms. The standard InChI is InChI=1S/C24H32N4O3/c25-22(30)19-14-28-20(4-1-5-21(28)27-19)23(31)26-18(3-2-6-29)13-24-10-15-7-16(11-24)9-17(8-15)12-24/h1,4-5,14-18,29H,2-3,6-13H2,(H2,25,30)(H,26,31). The Morgan fingerprint density at radius 1 is 1.19 bits per heavy atom. The first-order valence-electron chi connectivity index (χ1n) is 11.6. The van der Waals surface area contributed by atoms with Crippen molar-refractivity contribution in [3.8, 4) is 0 Å². The average Bonchev–Trinajstić information content (AvgIpc) is 3.15. The summed E-state index contributed by atoms with van der Waals surface area (Å²) < 4.78 is 1.63. The fourth-order valence-electron chi connectivity index (χ4n) is 7.20. The number of aliphatic hydroxyl groups excluding tert-OH is 1. The van der Waals surface area contributed by atoms with Crippen molar-refractivity contribution in [2.75, 3.05) is 6.61 Å². The highest BCUT2D eigenvalue weighted by atomic mass is 16.3. The van der Waals surface area contributed by atoms with Gasteiger partial charge in [0, 0.05) is 18.8 Å². The number of primary amides is 1. The Bertz CT molecular complexity index is 963. The Hall–Kier alpha value is -2.41. The molecule has 4 N–H and O–H groups in total. The van der Waals surface area contributed by atoms with Gasteiger partial charge in [0.05, 0.1) is 0 Å². The van der Waals surface area contributed by atoms with Crippen LogP contribution in [0.5, 0.6) is 0 Å². The van der Waals surface area contributed by atoms with Gasteiger partial charge in [0.2, 0.25) is 0 Å².